The van der Waals surface area contributed by atoms with Crippen molar-refractivity contribution in [2.45, 2.75) is 75.9 Å². The van der Waals surface area contributed by atoms with Gasteiger partial charge in [-0.2, -0.15) is 0 Å². The highest BCUT2D eigenvalue weighted by Gasteiger charge is 2.51. The predicted molar refractivity (Wildman–Crippen MR) is 109 cm³/mol. The number of ether oxygens (including phenoxy) is 1. The Balaban J connectivity index is 1.39. The van der Waals surface area contributed by atoms with Crippen LogP contribution in [-0.2, 0) is 21.6 Å². The van der Waals surface area contributed by atoms with E-state index in [4.69, 9.17) is 4.74 Å². The summed E-state index contributed by atoms with van der Waals surface area (Å²) in [5.74, 6) is 0.470. The summed E-state index contributed by atoms with van der Waals surface area (Å²) in [5.41, 5.74) is 1.11. The van der Waals surface area contributed by atoms with Gasteiger partial charge in [-0.25, -0.2) is 0 Å². The Hall–Kier alpha value is -1.40. The number of hydrogen-bond acceptors (Lipinski definition) is 4. The zero-order valence-electron chi connectivity index (χ0n) is 16.8. The lowest BCUT2D eigenvalue weighted by Gasteiger charge is -2.44. The smallest absolute Gasteiger partial charge is 0.264 e. The zero-order valence-corrected chi connectivity index (χ0v) is 17.6. The predicted octanol–water partition coefficient (Wildman–Crippen LogP) is 3.71. The summed E-state index contributed by atoms with van der Waals surface area (Å²) in [6.07, 6.45) is 9.06. The van der Waals surface area contributed by atoms with Crippen LogP contribution < -0.4 is 0 Å². The van der Waals surface area contributed by atoms with Crippen molar-refractivity contribution in [3.05, 3.63) is 21.4 Å². The van der Waals surface area contributed by atoms with E-state index in [0.29, 0.717) is 6.42 Å². The van der Waals surface area contributed by atoms with E-state index in [-0.39, 0.29) is 23.0 Å². The molecule has 0 aromatic carbocycles. The molecule has 1 aliphatic carbocycles. The molecule has 2 saturated heterocycles. The fourth-order valence-electron chi connectivity index (χ4n) is 5.49. The van der Waals surface area contributed by atoms with E-state index in [1.165, 1.54) is 36.1 Å². The number of fused-ring (bicyclic) bond motifs is 2. The quantitative estimate of drug-likeness (QED) is 0.758. The third-order valence-corrected chi connectivity index (χ3v) is 8.55. The van der Waals surface area contributed by atoms with Gasteiger partial charge in [0.2, 0.25) is 5.91 Å². The number of amides is 2. The number of carbonyl (C=O) groups is 2. The lowest BCUT2D eigenvalue weighted by molar-refractivity contribution is -0.140. The number of thiophene rings is 1. The Morgan fingerprint density at radius 2 is 1.89 bits per heavy atom. The minimum absolute atomic E-state index is 0.180. The first-order valence-corrected chi connectivity index (χ1v) is 11.8. The lowest BCUT2D eigenvalue weighted by Crippen LogP contribution is -2.48. The second kappa shape index (κ2) is 6.84. The summed E-state index contributed by atoms with van der Waals surface area (Å²) >= 11 is 1.69. The highest BCUT2D eigenvalue weighted by atomic mass is 32.1. The van der Waals surface area contributed by atoms with Crippen LogP contribution in [0.15, 0.2) is 6.07 Å². The number of carbonyl (C=O) groups excluding carboxylic acids is 2. The first-order chi connectivity index (χ1) is 13.6. The van der Waals surface area contributed by atoms with Crippen molar-refractivity contribution in [3.8, 4) is 0 Å². The number of hydrogen-bond donors (Lipinski definition) is 0. The van der Waals surface area contributed by atoms with E-state index < -0.39 is 0 Å². The maximum Gasteiger partial charge on any atom is 0.264 e. The van der Waals surface area contributed by atoms with Crippen molar-refractivity contribution in [2.75, 3.05) is 26.2 Å². The molecule has 2 amide bonds. The largest absolute Gasteiger partial charge is 0.370 e. The Morgan fingerprint density at radius 1 is 1.11 bits per heavy atom. The van der Waals surface area contributed by atoms with E-state index in [1.54, 1.807) is 11.3 Å². The van der Waals surface area contributed by atoms with Crippen LogP contribution in [0.3, 0.4) is 0 Å². The molecule has 0 unspecified atom stereocenters. The van der Waals surface area contributed by atoms with Crippen molar-refractivity contribution in [3.63, 3.8) is 0 Å². The molecule has 1 aromatic rings. The lowest BCUT2D eigenvalue weighted by atomic mass is 9.82. The standard InChI is InChI=1S/C22H30N2O3S/c1-2-19(25)23-12-9-22(10-13-23)16-15-18(28-17(16)5-14-27-22)20(26)24-11-4-3-6-21(24)7-8-21/h15H,2-14H2,1H3. The van der Waals surface area contributed by atoms with Gasteiger partial charge in [0.15, 0.2) is 0 Å². The number of rotatable bonds is 2. The average molecular weight is 403 g/mol. The van der Waals surface area contributed by atoms with Crippen LogP contribution in [0.5, 0.6) is 0 Å². The molecule has 5 rings (SSSR count). The fraction of sp³-hybridized carbons (Fsp3) is 0.727. The Labute approximate surface area is 171 Å². The van der Waals surface area contributed by atoms with Crippen LogP contribution in [0.4, 0.5) is 0 Å². The van der Waals surface area contributed by atoms with Gasteiger partial charge in [-0.1, -0.05) is 6.92 Å². The van der Waals surface area contributed by atoms with Crippen LogP contribution in [0.25, 0.3) is 0 Å². The zero-order chi connectivity index (χ0) is 19.4. The molecule has 6 heteroatoms. The first-order valence-electron chi connectivity index (χ1n) is 10.9. The molecule has 0 atom stereocenters. The van der Waals surface area contributed by atoms with Gasteiger partial charge < -0.3 is 14.5 Å². The molecule has 0 bridgehead atoms. The van der Waals surface area contributed by atoms with Gasteiger partial charge in [0.1, 0.15) is 0 Å². The molecule has 1 aromatic heterocycles. The van der Waals surface area contributed by atoms with Gasteiger partial charge >= 0.3 is 0 Å². The summed E-state index contributed by atoms with van der Waals surface area (Å²) in [6, 6.07) is 2.14. The maximum absolute atomic E-state index is 13.4. The van der Waals surface area contributed by atoms with Crippen molar-refractivity contribution in [1.82, 2.24) is 9.80 Å². The molecule has 3 aliphatic heterocycles. The molecule has 4 aliphatic rings. The molecule has 4 heterocycles. The van der Waals surface area contributed by atoms with Gasteiger partial charge in [-0.15, -0.1) is 11.3 Å². The van der Waals surface area contributed by atoms with Gasteiger partial charge in [-0.05, 0) is 56.6 Å². The summed E-state index contributed by atoms with van der Waals surface area (Å²) in [6.45, 7) is 5.06. The molecular weight excluding hydrogens is 372 g/mol. The monoisotopic (exact) mass is 402 g/mol. The topological polar surface area (TPSA) is 49.9 Å². The molecule has 1 saturated carbocycles. The second-order valence-electron chi connectivity index (χ2n) is 8.91. The van der Waals surface area contributed by atoms with Crippen molar-refractivity contribution < 1.29 is 14.3 Å². The van der Waals surface area contributed by atoms with E-state index in [2.05, 4.69) is 11.0 Å². The summed E-state index contributed by atoms with van der Waals surface area (Å²) in [7, 11) is 0. The molecule has 0 N–H and O–H groups in total. The highest BCUT2D eigenvalue weighted by Crippen LogP contribution is 2.50. The normalized spacial score (nSPS) is 25.0. The first kappa shape index (κ1) is 18.6. The molecule has 0 radical (unpaired) electrons. The Kier molecular flexibility index (Phi) is 4.55. The van der Waals surface area contributed by atoms with Crippen LogP contribution in [-0.4, -0.2) is 53.4 Å². The second-order valence-corrected chi connectivity index (χ2v) is 10.0. The average Bonchev–Trinajstić information content (AvgIpc) is 3.33. The SMILES string of the molecule is CCC(=O)N1CCC2(CC1)OCCc1sc(C(=O)N3CCCCC34CC4)cc12. The van der Waals surface area contributed by atoms with Gasteiger partial charge in [0, 0.05) is 42.9 Å². The number of piperidine rings is 2. The van der Waals surface area contributed by atoms with Gasteiger partial charge in [0.25, 0.3) is 5.91 Å². The van der Waals surface area contributed by atoms with E-state index >= 15 is 0 Å². The van der Waals surface area contributed by atoms with Crippen molar-refractivity contribution in [1.29, 1.82) is 0 Å². The summed E-state index contributed by atoms with van der Waals surface area (Å²) < 4.78 is 6.33. The number of nitrogens with zero attached hydrogens (tertiary/aromatic N) is 2. The summed E-state index contributed by atoms with van der Waals surface area (Å²) in [4.78, 5) is 31.8. The van der Waals surface area contributed by atoms with E-state index in [0.717, 1.165) is 56.8 Å². The van der Waals surface area contributed by atoms with Crippen LogP contribution in [0, 0.1) is 0 Å². The molecule has 152 valence electrons. The number of likely N-dealkylation sites (tertiary alicyclic amines) is 2. The fourth-order valence-corrected chi connectivity index (χ4v) is 6.67. The molecule has 28 heavy (non-hydrogen) atoms. The van der Waals surface area contributed by atoms with Crippen molar-refractivity contribution >= 4 is 23.2 Å². The molecular formula is C22H30N2O3S. The van der Waals surface area contributed by atoms with Crippen LogP contribution in [0.2, 0.25) is 0 Å². The Bertz CT molecular complexity index is 790. The van der Waals surface area contributed by atoms with Gasteiger partial charge in [0.05, 0.1) is 17.1 Å². The minimum atomic E-state index is -0.299. The van der Waals surface area contributed by atoms with Crippen LogP contribution in [0.1, 0.15) is 78.4 Å². The van der Waals surface area contributed by atoms with Gasteiger partial charge in [-0.3, -0.25) is 9.59 Å². The minimum Gasteiger partial charge on any atom is -0.370 e. The maximum atomic E-state index is 13.4. The third kappa shape index (κ3) is 2.91. The molecule has 3 fully saturated rings. The molecule has 2 spiro atoms. The Morgan fingerprint density at radius 3 is 2.61 bits per heavy atom. The van der Waals surface area contributed by atoms with Crippen LogP contribution >= 0.6 is 11.3 Å². The van der Waals surface area contributed by atoms with E-state index in [1.807, 2.05) is 11.8 Å². The highest BCUT2D eigenvalue weighted by molar-refractivity contribution is 7.14. The third-order valence-electron chi connectivity index (χ3n) is 7.36. The van der Waals surface area contributed by atoms with E-state index in [9.17, 15) is 9.59 Å². The summed E-state index contributed by atoms with van der Waals surface area (Å²) in [5, 5.41) is 0. The molecule has 5 nitrogen and oxygen atoms in total. The van der Waals surface area contributed by atoms with Crippen molar-refractivity contribution in [2.24, 2.45) is 0 Å².